The van der Waals surface area contributed by atoms with Crippen LogP contribution < -0.4 is 5.56 Å². The molecule has 1 aromatic heterocycles. The van der Waals surface area contributed by atoms with Gasteiger partial charge in [0.1, 0.15) is 24.4 Å². The first-order valence-electron chi connectivity index (χ1n) is 6.14. The van der Waals surface area contributed by atoms with Crippen LogP contribution in [0.5, 0.6) is 0 Å². The third kappa shape index (κ3) is 2.70. The second-order valence-corrected chi connectivity index (χ2v) is 5.08. The Morgan fingerprint density at radius 1 is 1.55 bits per heavy atom. The molecule has 1 aromatic rings. The molecule has 1 saturated heterocycles. The molecule has 0 radical (unpaired) electrons. The molecular formula is C12H18N2O5S. The van der Waals surface area contributed by atoms with Gasteiger partial charge in [-0.25, -0.2) is 0 Å². The van der Waals surface area contributed by atoms with E-state index in [1.165, 1.54) is 14.2 Å². The largest absolute Gasteiger partial charge is 0.387 e. The number of methoxy groups -OCH3 is 2. The summed E-state index contributed by atoms with van der Waals surface area (Å²) < 4.78 is 17.9. The summed E-state index contributed by atoms with van der Waals surface area (Å²) in [7, 11) is 4.73. The van der Waals surface area contributed by atoms with Gasteiger partial charge in [-0.2, -0.15) is 0 Å². The zero-order valence-electron chi connectivity index (χ0n) is 11.5. The summed E-state index contributed by atoms with van der Waals surface area (Å²) in [6, 6.07) is 0. The summed E-state index contributed by atoms with van der Waals surface area (Å²) in [6.07, 6.45) is -1.13. The minimum Gasteiger partial charge on any atom is -0.387 e. The van der Waals surface area contributed by atoms with E-state index in [-0.39, 0.29) is 12.2 Å². The number of nitrogens with one attached hydrogen (secondary N) is 1. The molecule has 0 spiro atoms. The smallest absolute Gasteiger partial charge is 0.257 e. The first-order chi connectivity index (χ1) is 9.49. The first kappa shape index (κ1) is 15.3. The molecule has 4 atom stereocenters. The first-order valence-corrected chi connectivity index (χ1v) is 6.55. The van der Waals surface area contributed by atoms with Crippen molar-refractivity contribution in [2.75, 3.05) is 20.8 Å². The van der Waals surface area contributed by atoms with Gasteiger partial charge in [0.25, 0.3) is 5.56 Å². The van der Waals surface area contributed by atoms with Crippen LogP contribution in [0.25, 0.3) is 0 Å². The van der Waals surface area contributed by atoms with E-state index in [1.54, 1.807) is 17.8 Å². The van der Waals surface area contributed by atoms with Crippen molar-refractivity contribution in [1.82, 2.24) is 9.55 Å². The minimum atomic E-state index is -0.947. The molecule has 2 N–H and O–H groups in total. The third-order valence-electron chi connectivity index (χ3n) is 3.38. The number of hydrogen-bond acceptors (Lipinski definition) is 6. The molecule has 0 bridgehead atoms. The lowest BCUT2D eigenvalue weighted by Crippen LogP contribution is -2.35. The molecule has 7 nitrogen and oxygen atoms in total. The topological polar surface area (TPSA) is 85.7 Å². The number of aromatic amines is 1. The Kier molecular flexibility index (Phi) is 4.71. The van der Waals surface area contributed by atoms with Gasteiger partial charge in [0.2, 0.25) is 0 Å². The van der Waals surface area contributed by atoms with Crippen LogP contribution in [0.15, 0.2) is 11.0 Å². The fourth-order valence-electron chi connectivity index (χ4n) is 2.37. The van der Waals surface area contributed by atoms with Crippen molar-refractivity contribution in [2.24, 2.45) is 7.05 Å². The molecular weight excluding hydrogens is 284 g/mol. The summed E-state index contributed by atoms with van der Waals surface area (Å²) in [5, 5.41) is 10.3. The number of rotatable bonds is 4. The van der Waals surface area contributed by atoms with E-state index in [9.17, 15) is 9.90 Å². The molecule has 2 rings (SSSR count). The van der Waals surface area contributed by atoms with Gasteiger partial charge >= 0.3 is 0 Å². The van der Waals surface area contributed by atoms with Gasteiger partial charge in [0.05, 0.1) is 12.2 Å². The van der Waals surface area contributed by atoms with Gasteiger partial charge in [-0.15, -0.1) is 0 Å². The molecule has 0 saturated carbocycles. The number of aliphatic hydroxyl groups excluding tert-OH is 1. The number of hydrogen-bond donors (Lipinski definition) is 2. The molecule has 0 aliphatic carbocycles. The average Bonchev–Trinajstić information content (AvgIpc) is 2.71. The fourth-order valence-corrected chi connectivity index (χ4v) is 2.52. The van der Waals surface area contributed by atoms with Gasteiger partial charge in [-0.1, -0.05) is 0 Å². The van der Waals surface area contributed by atoms with E-state index in [1.807, 2.05) is 0 Å². The highest BCUT2D eigenvalue weighted by atomic mass is 32.1. The van der Waals surface area contributed by atoms with Crippen molar-refractivity contribution in [3.05, 3.63) is 26.9 Å². The zero-order valence-corrected chi connectivity index (χ0v) is 12.3. The van der Waals surface area contributed by atoms with Crippen LogP contribution in [0.4, 0.5) is 0 Å². The monoisotopic (exact) mass is 302 g/mol. The van der Waals surface area contributed by atoms with Crippen molar-refractivity contribution < 1.29 is 19.3 Å². The summed E-state index contributed by atoms with van der Waals surface area (Å²) >= 11 is 4.97. The number of aliphatic hydroxyl groups is 1. The second kappa shape index (κ2) is 6.15. The lowest BCUT2D eigenvalue weighted by Gasteiger charge is -2.17. The Labute approximate surface area is 121 Å². The van der Waals surface area contributed by atoms with Crippen LogP contribution in [0, 0.1) is 4.77 Å². The van der Waals surface area contributed by atoms with Crippen molar-refractivity contribution in [2.45, 2.75) is 24.4 Å². The van der Waals surface area contributed by atoms with E-state index >= 15 is 0 Å². The van der Waals surface area contributed by atoms with Gasteiger partial charge < -0.3 is 23.9 Å². The van der Waals surface area contributed by atoms with E-state index in [0.717, 1.165) is 0 Å². The molecule has 2 unspecified atom stereocenters. The van der Waals surface area contributed by atoms with Crippen molar-refractivity contribution in [1.29, 1.82) is 0 Å². The maximum atomic E-state index is 12.0. The fraction of sp³-hybridized carbons (Fsp3) is 0.667. The Bertz CT molecular complexity index is 584. The highest BCUT2D eigenvalue weighted by Gasteiger charge is 2.45. The summed E-state index contributed by atoms with van der Waals surface area (Å²) in [5.41, 5.74) is -0.0562. The SMILES string of the molecule is COC[C@H]1O[C@@H](c2cn(C)c(=S)[nH]c2=O)C(O)C1OC. The maximum Gasteiger partial charge on any atom is 0.257 e. The van der Waals surface area contributed by atoms with Crippen LogP contribution in [-0.4, -0.2) is 53.8 Å². The zero-order chi connectivity index (χ0) is 14.9. The standard InChI is InChI=1S/C12H18N2O5S/c1-14-4-6(11(16)13-12(14)20)9-8(15)10(18-3)7(19-9)5-17-2/h4,7-10,15H,5H2,1-3H3,(H,13,16,20)/t7-,8?,9+,10?/m1/s1. The predicted molar refractivity (Wildman–Crippen MR) is 73.2 cm³/mol. The Morgan fingerprint density at radius 3 is 2.85 bits per heavy atom. The molecule has 8 heteroatoms. The van der Waals surface area contributed by atoms with Crippen LogP contribution in [0.1, 0.15) is 11.7 Å². The maximum absolute atomic E-state index is 12.0. The summed E-state index contributed by atoms with van der Waals surface area (Å²) in [6.45, 7) is 0.273. The molecule has 20 heavy (non-hydrogen) atoms. The second-order valence-electron chi connectivity index (χ2n) is 4.70. The molecule has 1 aliphatic rings. The van der Waals surface area contributed by atoms with Crippen molar-refractivity contribution >= 4 is 12.2 Å². The average molecular weight is 302 g/mol. The third-order valence-corrected chi connectivity index (χ3v) is 3.77. The minimum absolute atomic E-state index is 0.273. The molecule has 112 valence electrons. The lowest BCUT2D eigenvalue weighted by atomic mass is 10.0. The van der Waals surface area contributed by atoms with Crippen LogP contribution in [0.3, 0.4) is 0 Å². The lowest BCUT2D eigenvalue weighted by molar-refractivity contribution is -0.0461. The van der Waals surface area contributed by atoms with E-state index in [2.05, 4.69) is 4.98 Å². The van der Waals surface area contributed by atoms with E-state index in [4.69, 9.17) is 26.4 Å². The van der Waals surface area contributed by atoms with Crippen molar-refractivity contribution in [3.63, 3.8) is 0 Å². The van der Waals surface area contributed by atoms with Crippen LogP contribution in [-0.2, 0) is 21.3 Å². The van der Waals surface area contributed by atoms with Gasteiger partial charge in [-0.05, 0) is 12.2 Å². The Morgan fingerprint density at radius 2 is 2.25 bits per heavy atom. The molecule has 2 heterocycles. The summed E-state index contributed by atoms with van der Waals surface area (Å²) in [4.78, 5) is 14.5. The predicted octanol–water partition coefficient (Wildman–Crippen LogP) is -0.0949. The Balaban J connectivity index is 2.36. The van der Waals surface area contributed by atoms with Gasteiger partial charge in [-0.3, -0.25) is 9.78 Å². The number of aromatic nitrogens is 2. The molecule has 0 amide bonds. The normalized spacial score (nSPS) is 29.8. The Hall–Kier alpha value is -1.06. The molecule has 0 aromatic carbocycles. The van der Waals surface area contributed by atoms with Crippen LogP contribution >= 0.6 is 12.2 Å². The molecule has 1 aliphatic heterocycles. The number of H-pyrrole nitrogens is 1. The van der Waals surface area contributed by atoms with Crippen molar-refractivity contribution in [3.8, 4) is 0 Å². The number of nitrogens with zero attached hydrogens (tertiary/aromatic N) is 1. The highest BCUT2D eigenvalue weighted by molar-refractivity contribution is 7.71. The quantitative estimate of drug-likeness (QED) is 0.756. The number of ether oxygens (including phenoxy) is 3. The van der Waals surface area contributed by atoms with Gasteiger partial charge in [0, 0.05) is 27.5 Å². The highest BCUT2D eigenvalue weighted by Crippen LogP contribution is 2.33. The van der Waals surface area contributed by atoms with E-state index in [0.29, 0.717) is 10.3 Å². The van der Waals surface area contributed by atoms with Gasteiger partial charge in [0.15, 0.2) is 4.77 Å². The van der Waals surface area contributed by atoms with E-state index < -0.39 is 24.4 Å². The van der Waals surface area contributed by atoms with Crippen LogP contribution in [0.2, 0.25) is 0 Å². The molecule has 1 fully saturated rings. The number of aryl methyl sites for hydroxylation is 1. The summed E-state index contributed by atoms with van der Waals surface area (Å²) in [5.74, 6) is 0.